The smallest absolute Gasteiger partial charge is 0.303 e. The van der Waals surface area contributed by atoms with Gasteiger partial charge in [-0.1, -0.05) is 41.9 Å². The van der Waals surface area contributed by atoms with Crippen molar-refractivity contribution in [1.29, 1.82) is 0 Å². The van der Waals surface area contributed by atoms with Crippen LogP contribution >= 0.6 is 22.6 Å². The predicted molar refractivity (Wildman–Crippen MR) is 77.7 cm³/mol. The molecule has 17 heavy (non-hydrogen) atoms. The van der Waals surface area contributed by atoms with Gasteiger partial charge in [-0.25, -0.2) is 0 Å². The van der Waals surface area contributed by atoms with Crippen molar-refractivity contribution in [3.63, 3.8) is 0 Å². The zero-order valence-corrected chi connectivity index (χ0v) is 12.6. The molecule has 0 aromatic heterocycles. The molecule has 0 aliphatic rings. The Bertz CT molecular complexity index is 217. The summed E-state index contributed by atoms with van der Waals surface area (Å²) < 4.78 is 1.13. The molecule has 0 amide bonds. The first-order valence-corrected chi connectivity index (χ1v) is 7.99. The molecule has 0 unspecified atom stereocenters. The molecule has 3 nitrogen and oxygen atoms in total. The fourth-order valence-corrected chi connectivity index (χ4v) is 2.21. The number of carbonyl (C=O) groups is 2. The zero-order valence-electron chi connectivity index (χ0n) is 10.4. The maximum atomic E-state index is 11.4. The lowest BCUT2D eigenvalue weighted by Crippen LogP contribution is -1.98. The van der Waals surface area contributed by atoms with E-state index in [9.17, 15) is 9.59 Å². The second-order valence-corrected chi connectivity index (χ2v) is 5.43. The molecule has 0 aromatic rings. The van der Waals surface area contributed by atoms with E-state index in [-0.39, 0.29) is 6.42 Å². The molecule has 0 aliphatic heterocycles. The third kappa shape index (κ3) is 13.8. The van der Waals surface area contributed by atoms with Gasteiger partial charge in [0.05, 0.1) is 0 Å². The number of carboxylic acid groups (broad SMARTS) is 1. The number of aliphatic carboxylic acids is 1. The van der Waals surface area contributed by atoms with Gasteiger partial charge in [-0.15, -0.1) is 0 Å². The Hall–Kier alpha value is -0.130. The average molecular weight is 354 g/mol. The Morgan fingerprint density at radius 3 is 1.76 bits per heavy atom. The molecule has 0 rings (SSSR count). The number of hydrogen-bond donors (Lipinski definition) is 1. The highest BCUT2D eigenvalue weighted by Crippen LogP contribution is 2.09. The van der Waals surface area contributed by atoms with Crippen molar-refractivity contribution in [2.75, 3.05) is 4.43 Å². The van der Waals surface area contributed by atoms with Crippen LogP contribution in [0.3, 0.4) is 0 Å². The number of ketones is 1. The highest BCUT2D eigenvalue weighted by Gasteiger charge is 2.01. The van der Waals surface area contributed by atoms with E-state index in [1.807, 2.05) is 0 Å². The van der Waals surface area contributed by atoms with E-state index >= 15 is 0 Å². The molecule has 0 atom stereocenters. The molecule has 100 valence electrons. The van der Waals surface area contributed by atoms with Crippen LogP contribution in [-0.4, -0.2) is 21.3 Å². The molecule has 0 saturated heterocycles. The molecule has 0 bridgehead atoms. The molecule has 0 fully saturated rings. The van der Waals surface area contributed by atoms with Crippen molar-refractivity contribution in [2.24, 2.45) is 0 Å². The first-order valence-electron chi connectivity index (χ1n) is 6.46. The molecule has 0 saturated carbocycles. The van der Waals surface area contributed by atoms with Gasteiger partial charge >= 0.3 is 5.97 Å². The van der Waals surface area contributed by atoms with E-state index in [1.54, 1.807) is 0 Å². The van der Waals surface area contributed by atoms with E-state index in [0.29, 0.717) is 12.2 Å². The quantitative estimate of drug-likeness (QED) is 0.328. The number of unbranched alkanes of at least 4 members (excludes halogenated alkanes) is 5. The van der Waals surface area contributed by atoms with Crippen molar-refractivity contribution < 1.29 is 14.7 Å². The number of alkyl halides is 1. The van der Waals surface area contributed by atoms with Gasteiger partial charge in [-0.3, -0.25) is 9.59 Å². The lowest BCUT2D eigenvalue weighted by Gasteiger charge is -2.01. The molecular formula is C13H23IO3. The first kappa shape index (κ1) is 16.9. The normalized spacial score (nSPS) is 10.4. The fourth-order valence-electron chi connectivity index (χ4n) is 1.67. The van der Waals surface area contributed by atoms with Crippen LogP contribution in [0.1, 0.15) is 64.2 Å². The number of Topliss-reactive ketones (excluding diaryl/α,β-unsaturated/α-hetero) is 1. The minimum absolute atomic E-state index is 0.273. The van der Waals surface area contributed by atoms with Crippen molar-refractivity contribution in [3.8, 4) is 0 Å². The van der Waals surface area contributed by atoms with Crippen molar-refractivity contribution in [2.45, 2.75) is 64.2 Å². The van der Waals surface area contributed by atoms with Crippen LogP contribution in [0.5, 0.6) is 0 Å². The number of carbonyl (C=O) groups excluding carboxylic acids is 1. The van der Waals surface area contributed by atoms with Crippen molar-refractivity contribution in [3.05, 3.63) is 0 Å². The molecular weight excluding hydrogens is 331 g/mol. The maximum Gasteiger partial charge on any atom is 0.303 e. The Morgan fingerprint density at radius 1 is 0.765 bits per heavy atom. The summed E-state index contributed by atoms with van der Waals surface area (Å²) in [6.07, 6.45) is 8.69. The average Bonchev–Trinajstić information content (AvgIpc) is 2.28. The fraction of sp³-hybridized carbons (Fsp3) is 0.846. The van der Waals surface area contributed by atoms with Crippen molar-refractivity contribution >= 4 is 34.3 Å². The summed E-state index contributed by atoms with van der Waals surface area (Å²) >= 11 is 2.33. The predicted octanol–water partition coefficient (Wildman–Crippen LogP) is 3.98. The van der Waals surface area contributed by atoms with Crippen LogP contribution in [-0.2, 0) is 9.59 Å². The van der Waals surface area contributed by atoms with E-state index in [0.717, 1.165) is 55.8 Å². The number of halogens is 1. The minimum atomic E-state index is -0.713. The second-order valence-electron chi connectivity index (χ2n) is 4.35. The maximum absolute atomic E-state index is 11.4. The topological polar surface area (TPSA) is 54.4 Å². The standard InChI is InChI=1S/C13H23IO3/c14-11-7-6-9-12(15)8-4-2-1-3-5-10-13(16)17/h1-11H2,(H,16,17). The van der Waals surface area contributed by atoms with Gasteiger partial charge in [0.2, 0.25) is 0 Å². The van der Waals surface area contributed by atoms with E-state index < -0.39 is 5.97 Å². The third-order valence-corrected chi connectivity index (χ3v) is 3.45. The van der Waals surface area contributed by atoms with Crippen LogP contribution in [0.15, 0.2) is 0 Å². The van der Waals surface area contributed by atoms with Crippen LogP contribution in [0.4, 0.5) is 0 Å². The summed E-state index contributed by atoms with van der Waals surface area (Å²) in [5.41, 5.74) is 0. The van der Waals surface area contributed by atoms with Gasteiger partial charge in [0.25, 0.3) is 0 Å². The van der Waals surface area contributed by atoms with Gasteiger partial charge in [-0.2, -0.15) is 0 Å². The van der Waals surface area contributed by atoms with E-state index in [4.69, 9.17) is 5.11 Å². The SMILES string of the molecule is O=C(O)CCCCCCCC(=O)CCCCI. The summed E-state index contributed by atoms with van der Waals surface area (Å²) in [6.45, 7) is 0. The lowest BCUT2D eigenvalue weighted by atomic mass is 10.0. The third-order valence-electron chi connectivity index (χ3n) is 2.69. The highest BCUT2D eigenvalue weighted by atomic mass is 127. The molecule has 0 spiro atoms. The summed E-state index contributed by atoms with van der Waals surface area (Å²) in [5.74, 6) is -0.323. The summed E-state index contributed by atoms with van der Waals surface area (Å²) in [7, 11) is 0. The highest BCUT2D eigenvalue weighted by molar-refractivity contribution is 14.1. The Labute approximate surface area is 117 Å². The van der Waals surface area contributed by atoms with Crippen molar-refractivity contribution in [1.82, 2.24) is 0 Å². The number of carboxylic acids is 1. The molecule has 0 radical (unpaired) electrons. The Kier molecular flexibility index (Phi) is 12.2. The van der Waals surface area contributed by atoms with Crippen LogP contribution in [0, 0.1) is 0 Å². The first-order chi connectivity index (χ1) is 8.16. The molecule has 0 heterocycles. The van der Waals surface area contributed by atoms with Gasteiger partial charge in [0.15, 0.2) is 0 Å². The number of hydrogen-bond acceptors (Lipinski definition) is 2. The lowest BCUT2D eigenvalue weighted by molar-refractivity contribution is -0.137. The van der Waals surface area contributed by atoms with Gasteiger partial charge in [-0.05, 0) is 30.1 Å². The minimum Gasteiger partial charge on any atom is -0.481 e. The Balaban J connectivity index is 3.16. The summed E-state index contributed by atoms with van der Waals surface area (Å²) in [5, 5.41) is 8.45. The van der Waals surface area contributed by atoms with E-state index in [2.05, 4.69) is 22.6 Å². The molecule has 0 aromatic carbocycles. The second kappa shape index (κ2) is 12.3. The van der Waals surface area contributed by atoms with Crippen LogP contribution < -0.4 is 0 Å². The van der Waals surface area contributed by atoms with Gasteiger partial charge < -0.3 is 5.11 Å². The van der Waals surface area contributed by atoms with E-state index in [1.165, 1.54) is 0 Å². The number of rotatable bonds is 12. The molecule has 4 heteroatoms. The Morgan fingerprint density at radius 2 is 1.24 bits per heavy atom. The zero-order chi connectivity index (χ0) is 12.9. The summed E-state index contributed by atoms with van der Waals surface area (Å²) in [6, 6.07) is 0. The molecule has 0 aliphatic carbocycles. The molecule has 1 N–H and O–H groups in total. The largest absolute Gasteiger partial charge is 0.481 e. The monoisotopic (exact) mass is 354 g/mol. The van der Waals surface area contributed by atoms with Gasteiger partial charge in [0.1, 0.15) is 5.78 Å². The van der Waals surface area contributed by atoms with Crippen LogP contribution in [0.2, 0.25) is 0 Å². The van der Waals surface area contributed by atoms with Crippen LogP contribution in [0.25, 0.3) is 0 Å². The van der Waals surface area contributed by atoms with Gasteiger partial charge in [0, 0.05) is 19.3 Å². The summed E-state index contributed by atoms with van der Waals surface area (Å²) in [4.78, 5) is 21.7.